The standard InChI is InChI=1S/C38H34O16/c1-13(51-15(3)39)27-26-24(20(41)11-35(27,5)49)31(46)23-19(30(26)45)8-7-17(28(23)43)18-9-10-21-25(29(18)44)33(47)37-22(42)12-36(6,50)32(14(2)52-16(4)40)38(37,54-37)34(48)53-21/h7-10,13-14,27,32,43-44,49-50H,11-12H2,1-6H3. The second-order valence-electron chi connectivity index (χ2n) is 14.9. The van der Waals surface area contributed by atoms with Gasteiger partial charge in [-0.25, -0.2) is 4.79 Å². The number of ketones is 5. The van der Waals surface area contributed by atoms with Crippen molar-refractivity contribution in [2.45, 2.75) is 89.0 Å². The summed E-state index contributed by atoms with van der Waals surface area (Å²) in [5.41, 5.74) is -12.4. The maximum atomic E-state index is 14.4. The summed E-state index contributed by atoms with van der Waals surface area (Å²) in [6.07, 6.45) is -3.76. The van der Waals surface area contributed by atoms with Gasteiger partial charge in [0.05, 0.1) is 34.2 Å². The van der Waals surface area contributed by atoms with Gasteiger partial charge in [0.15, 0.2) is 17.3 Å². The van der Waals surface area contributed by atoms with Crippen LogP contribution in [-0.2, 0) is 38.2 Å². The van der Waals surface area contributed by atoms with Crippen LogP contribution in [0.25, 0.3) is 11.1 Å². The number of benzene rings is 2. The fraction of sp³-hybridized carbons (Fsp3) is 0.421. The lowest BCUT2D eigenvalue weighted by molar-refractivity contribution is -0.172. The molecule has 0 amide bonds. The quantitative estimate of drug-likeness (QED) is 0.111. The maximum absolute atomic E-state index is 14.4. The van der Waals surface area contributed by atoms with Crippen molar-refractivity contribution in [2.75, 3.05) is 0 Å². The number of hydrogen-bond donors (Lipinski definition) is 4. The highest BCUT2D eigenvalue weighted by atomic mass is 16.7. The number of allylic oxidation sites excluding steroid dienone is 1. The monoisotopic (exact) mass is 746 g/mol. The Bertz CT molecular complexity index is 2240. The molecule has 2 aromatic carbocycles. The third-order valence-electron chi connectivity index (χ3n) is 11.1. The van der Waals surface area contributed by atoms with Crippen LogP contribution >= 0.6 is 0 Å². The summed E-state index contributed by atoms with van der Waals surface area (Å²) in [5, 5.41) is 45.8. The van der Waals surface area contributed by atoms with Crippen LogP contribution in [0, 0.1) is 11.8 Å². The molecule has 8 unspecified atom stereocenters. The van der Waals surface area contributed by atoms with E-state index in [9.17, 15) is 58.8 Å². The largest absolute Gasteiger partial charge is 0.506 e. The first-order valence-corrected chi connectivity index (χ1v) is 16.9. The van der Waals surface area contributed by atoms with Crippen molar-refractivity contribution in [3.8, 4) is 28.4 Å². The smallest absolute Gasteiger partial charge is 0.348 e. The van der Waals surface area contributed by atoms with E-state index in [0.29, 0.717) is 0 Å². The van der Waals surface area contributed by atoms with Gasteiger partial charge in [0.1, 0.15) is 35.0 Å². The van der Waals surface area contributed by atoms with Gasteiger partial charge in [-0.2, -0.15) is 0 Å². The Kier molecular flexibility index (Phi) is 7.80. The second kappa shape index (κ2) is 11.5. The molecule has 2 aliphatic heterocycles. The van der Waals surface area contributed by atoms with E-state index in [1.165, 1.54) is 27.7 Å². The summed E-state index contributed by atoms with van der Waals surface area (Å²) in [6, 6.07) is 4.48. The molecule has 0 bridgehead atoms. The number of rotatable bonds is 5. The number of phenols is 2. The topological polar surface area (TPSA) is 258 Å². The first kappa shape index (κ1) is 36.8. The number of aliphatic hydroxyl groups is 2. The zero-order chi connectivity index (χ0) is 39.8. The lowest BCUT2D eigenvalue weighted by Crippen LogP contribution is -2.64. The van der Waals surface area contributed by atoms with Gasteiger partial charge < -0.3 is 39.4 Å². The van der Waals surface area contributed by atoms with E-state index in [4.69, 9.17) is 18.9 Å². The minimum Gasteiger partial charge on any atom is -0.506 e. The predicted molar refractivity (Wildman–Crippen MR) is 177 cm³/mol. The third-order valence-corrected chi connectivity index (χ3v) is 11.1. The van der Waals surface area contributed by atoms with Gasteiger partial charge in [0.2, 0.25) is 22.8 Å². The van der Waals surface area contributed by atoms with Crippen LogP contribution in [0.1, 0.15) is 85.5 Å². The van der Waals surface area contributed by atoms with Crippen LogP contribution in [0.4, 0.5) is 0 Å². The number of Topliss-reactive ketones (excluding diaryl/α,β-unsaturated/α-hetero) is 5. The fourth-order valence-corrected chi connectivity index (χ4v) is 9.24. The summed E-state index contributed by atoms with van der Waals surface area (Å²) in [5.74, 6) is -13.0. The molecule has 5 aliphatic rings. The Labute approximate surface area is 305 Å². The van der Waals surface area contributed by atoms with Crippen LogP contribution in [0.3, 0.4) is 0 Å². The number of aromatic hydroxyl groups is 2. The molecule has 1 saturated heterocycles. The molecule has 0 radical (unpaired) electrons. The van der Waals surface area contributed by atoms with Crippen molar-refractivity contribution < 1.29 is 77.7 Å². The Morgan fingerprint density at radius 1 is 0.778 bits per heavy atom. The number of phenolic OH excluding ortho intramolecular Hbond substituents is 2. The van der Waals surface area contributed by atoms with E-state index in [0.717, 1.165) is 38.1 Å². The molecule has 3 aliphatic carbocycles. The van der Waals surface area contributed by atoms with Crippen LogP contribution in [0.2, 0.25) is 0 Å². The summed E-state index contributed by atoms with van der Waals surface area (Å²) >= 11 is 0. The molecule has 16 heteroatoms. The predicted octanol–water partition coefficient (Wildman–Crippen LogP) is 1.63. The van der Waals surface area contributed by atoms with E-state index in [1.54, 1.807) is 0 Å². The molecular formula is C38H34O16. The van der Waals surface area contributed by atoms with Crippen molar-refractivity contribution in [1.29, 1.82) is 0 Å². The number of carbonyl (C=O) groups is 8. The molecule has 2 aromatic rings. The van der Waals surface area contributed by atoms with Gasteiger partial charge >= 0.3 is 17.9 Å². The molecule has 2 heterocycles. The second-order valence-corrected chi connectivity index (χ2v) is 14.9. The lowest BCUT2D eigenvalue weighted by atomic mass is 9.61. The Morgan fingerprint density at radius 2 is 1.33 bits per heavy atom. The highest BCUT2D eigenvalue weighted by Crippen LogP contribution is 2.66. The first-order valence-electron chi connectivity index (χ1n) is 16.9. The molecule has 1 saturated carbocycles. The number of fused-ring (bicyclic) bond motifs is 2. The van der Waals surface area contributed by atoms with Crippen molar-refractivity contribution in [2.24, 2.45) is 11.8 Å². The molecule has 7 rings (SSSR count). The summed E-state index contributed by atoms with van der Waals surface area (Å²) in [4.78, 5) is 107. The summed E-state index contributed by atoms with van der Waals surface area (Å²) in [6.45, 7) is 7.43. The van der Waals surface area contributed by atoms with Gasteiger partial charge in [0.25, 0.3) is 0 Å². The van der Waals surface area contributed by atoms with Gasteiger partial charge in [-0.05, 0) is 52.0 Å². The van der Waals surface area contributed by atoms with E-state index in [1.807, 2.05) is 0 Å². The van der Waals surface area contributed by atoms with Crippen molar-refractivity contribution in [3.05, 3.63) is 52.1 Å². The average molecular weight is 747 g/mol. The maximum Gasteiger partial charge on any atom is 0.348 e. The first-order chi connectivity index (χ1) is 25.0. The molecule has 0 spiro atoms. The molecule has 8 atom stereocenters. The van der Waals surface area contributed by atoms with Crippen LogP contribution < -0.4 is 4.74 Å². The fourth-order valence-electron chi connectivity index (χ4n) is 9.24. The lowest BCUT2D eigenvalue weighted by Gasteiger charge is -2.42. The third kappa shape index (κ3) is 4.66. The molecule has 4 N–H and O–H groups in total. The van der Waals surface area contributed by atoms with Crippen molar-refractivity contribution >= 4 is 46.8 Å². The normalized spacial score (nSPS) is 32.2. The molecular weight excluding hydrogens is 712 g/mol. The Hall–Kier alpha value is -5.58. The van der Waals surface area contributed by atoms with Crippen LogP contribution in [0.5, 0.6) is 17.2 Å². The van der Waals surface area contributed by atoms with Crippen LogP contribution in [-0.4, -0.2) is 102 Å². The number of carbonyl (C=O) groups excluding carboxylic acids is 8. The highest BCUT2D eigenvalue weighted by molar-refractivity contribution is 6.38. The van der Waals surface area contributed by atoms with Gasteiger partial charge in [-0.1, -0.05) is 0 Å². The zero-order valence-corrected chi connectivity index (χ0v) is 29.7. The number of hydrogen-bond acceptors (Lipinski definition) is 16. The van der Waals surface area contributed by atoms with E-state index in [-0.39, 0.29) is 22.3 Å². The van der Waals surface area contributed by atoms with E-state index >= 15 is 0 Å². The molecule has 2 fully saturated rings. The molecule has 16 nitrogen and oxygen atoms in total. The van der Waals surface area contributed by atoms with Crippen molar-refractivity contribution in [3.63, 3.8) is 0 Å². The Morgan fingerprint density at radius 3 is 1.94 bits per heavy atom. The molecule has 54 heavy (non-hydrogen) atoms. The number of epoxide rings is 1. The van der Waals surface area contributed by atoms with E-state index < -0.39 is 140 Å². The SMILES string of the molecule is CC(=O)OC(C)C1C2=C(C(=O)CC1(C)O)C(=O)c1c(ccc(-c3ccc4c(c3O)C(=O)C35OC3(C(=O)O4)C(C(C)OC(C)=O)C(C)(O)CC5=O)c1O)C2=O. The number of ether oxygens (including phenoxy) is 4. The van der Waals surface area contributed by atoms with E-state index in [2.05, 4.69) is 0 Å². The summed E-state index contributed by atoms with van der Waals surface area (Å²) < 4.78 is 21.8. The van der Waals surface area contributed by atoms with Gasteiger partial charge in [0, 0.05) is 49.0 Å². The highest BCUT2D eigenvalue weighted by Gasteiger charge is 2.91. The van der Waals surface area contributed by atoms with Crippen molar-refractivity contribution in [1.82, 2.24) is 0 Å². The van der Waals surface area contributed by atoms with Crippen LogP contribution in [0.15, 0.2) is 35.4 Å². The minimum atomic E-state index is -2.60. The zero-order valence-electron chi connectivity index (χ0n) is 29.7. The minimum absolute atomic E-state index is 0.317. The Balaban J connectivity index is 1.34. The molecule has 0 aromatic heterocycles. The van der Waals surface area contributed by atoms with Gasteiger partial charge in [-0.3, -0.25) is 33.6 Å². The summed E-state index contributed by atoms with van der Waals surface area (Å²) in [7, 11) is 0. The average Bonchev–Trinajstić information content (AvgIpc) is 3.75. The van der Waals surface area contributed by atoms with Gasteiger partial charge in [-0.15, -0.1) is 0 Å². The number of esters is 3. The molecule has 282 valence electrons.